The Morgan fingerprint density at radius 2 is 0.953 bits per heavy atom. The number of carbonyl (C=O) groups is 2. The van der Waals surface area contributed by atoms with Crippen molar-refractivity contribution in [2.45, 2.75) is 184 Å². The van der Waals surface area contributed by atoms with Crippen LogP contribution in [-0.4, -0.2) is 52.0 Å². The van der Waals surface area contributed by atoms with Gasteiger partial charge in [0.2, 0.25) is 0 Å². The van der Waals surface area contributed by atoms with E-state index < -0.39 is 33.3 Å². The Kier molecular flexibility index (Phi) is 32.7. The molecular weight excluding hydrogens is 1090 g/mol. The van der Waals surface area contributed by atoms with Crippen molar-refractivity contribution in [1.29, 1.82) is 0 Å². The summed E-state index contributed by atoms with van der Waals surface area (Å²) in [5.74, 6) is -0.446. The minimum absolute atomic E-state index is 0.168. The summed E-state index contributed by atoms with van der Waals surface area (Å²) >= 11 is 13.3. The number of aliphatic hydroxyl groups is 2. The molecule has 0 aliphatic rings. The van der Waals surface area contributed by atoms with E-state index in [-0.39, 0.29) is 27.9 Å². The zero-order valence-corrected chi connectivity index (χ0v) is 44.4. The third-order valence-electron chi connectivity index (χ3n) is 10.3. The van der Waals surface area contributed by atoms with Gasteiger partial charge in [0, 0.05) is 4.83 Å². The summed E-state index contributed by atoms with van der Waals surface area (Å²) in [6.07, 6.45) is 9.22. The summed E-state index contributed by atoms with van der Waals surface area (Å²) in [6, 6.07) is 11.0. The third kappa shape index (κ3) is 25.6. The molecule has 0 aliphatic heterocycles. The van der Waals surface area contributed by atoms with Crippen LogP contribution in [0.15, 0.2) is 55.1 Å². The molecule has 0 spiro atoms. The molecule has 0 amide bonds. The molecule has 0 heterocycles. The second kappa shape index (κ2) is 32.4. The number of hydrogen-bond acceptors (Lipinski definition) is 6. The first-order valence-corrected chi connectivity index (χ1v) is 25.8. The van der Waals surface area contributed by atoms with Crippen LogP contribution in [0.2, 0.25) is 0 Å². The average molecular weight is 1160 g/mol. The molecule has 0 saturated heterocycles. The molecule has 2 aromatic carbocycles. The number of hydrogen-bond donors (Lipinski definition) is 2. The van der Waals surface area contributed by atoms with Crippen molar-refractivity contribution in [3.63, 3.8) is 0 Å². The average Bonchev–Trinajstić information content (AvgIpc) is 3.22. The van der Waals surface area contributed by atoms with Crippen LogP contribution < -0.4 is 0 Å². The van der Waals surface area contributed by atoms with Gasteiger partial charge in [0.25, 0.3) is 0 Å². The maximum absolute atomic E-state index is 13.0. The second-order valence-electron chi connectivity index (χ2n) is 17.1. The standard InChI is InChI=1S/C24H36BrF3O3.C13H25BrO2.C11H11F3O.BrH.Cu/c1-5-6-7-8-9-10-11-16-31-21(29)22(2,3)17-20(25)18-12-14-19(15-13-18)23(4,30)24(26,27)28;1-4-5-6-7-8-9-10-11-16-12(15)13(2,3)14;1-3-8-4-6-9(7-5-8)10(2,15)11(12,13)14;;/h12-15,20,30H,5-11,16-17H2,1-4H3;4-11H2,1-3H3;3-7,15H,1H2,2H3;1H;/q;;;;+1/p-1. The first kappa shape index (κ1) is 64.7. The van der Waals surface area contributed by atoms with Crippen LogP contribution in [0.5, 0.6) is 0 Å². The van der Waals surface area contributed by atoms with Crippen molar-refractivity contribution < 1.29 is 69.8 Å². The molecule has 0 aromatic heterocycles. The monoisotopic (exact) mass is 1160 g/mol. The van der Waals surface area contributed by atoms with Gasteiger partial charge in [-0.15, -0.1) is 0 Å². The summed E-state index contributed by atoms with van der Waals surface area (Å²) in [5.41, 5.74) is -5.44. The van der Waals surface area contributed by atoms with Gasteiger partial charge in [-0.25, -0.2) is 0 Å². The zero-order chi connectivity index (χ0) is 49.8. The molecule has 0 saturated carbocycles. The van der Waals surface area contributed by atoms with Gasteiger partial charge in [-0.05, 0) is 83.1 Å². The fourth-order valence-electron chi connectivity index (χ4n) is 5.75. The zero-order valence-electron chi connectivity index (χ0n) is 38.7. The van der Waals surface area contributed by atoms with E-state index in [0.29, 0.717) is 25.2 Å². The van der Waals surface area contributed by atoms with Crippen molar-refractivity contribution in [1.82, 2.24) is 0 Å². The first-order chi connectivity index (χ1) is 29.6. The number of unbranched alkanes of at least 4 members (excludes halogenated alkanes) is 12. The summed E-state index contributed by atoms with van der Waals surface area (Å²) in [6.45, 7) is 17.5. The molecule has 3 unspecified atom stereocenters. The topological polar surface area (TPSA) is 93.1 Å². The summed E-state index contributed by atoms with van der Waals surface area (Å²) in [7, 11) is 0. The van der Waals surface area contributed by atoms with Crippen LogP contribution in [0.3, 0.4) is 0 Å². The van der Waals surface area contributed by atoms with Gasteiger partial charge < -0.3 is 19.7 Å². The van der Waals surface area contributed by atoms with Gasteiger partial charge in [0.05, 0.1) is 18.6 Å². The molecular formula is C48H72Br3CuF6O6. The number of carbonyl (C=O) groups excluding carboxylic acids is 2. The van der Waals surface area contributed by atoms with Crippen molar-refractivity contribution in [2.24, 2.45) is 5.41 Å². The fraction of sp³-hybridized carbons (Fsp3) is 0.667. The van der Waals surface area contributed by atoms with Crippen LogP contribution in [0, 0.1) is 5.41 Å². The normalized spacial score (nSPS) is 14.1. The van der Waals surface area contributed by atoms with E-state index in [1.807, 2.05) is 0 Å². The summed E-state index contributed by atoms with van der Waals surface area (Å²) in [4.78, 5) is 23.6. The molecule has 3 atom stereocenters. The van der Waals surface area contributed by atoms with E-state index >= 15 is 0 Å². The number of rotatable bonds is 24. The van der Waals surface area contributed by atoms with E-state index in [9.17, 15) is 46.1 Å². The van der Waals surface area contributed by atoms with Gasteiger partial charge in [0.15, 0.2) is 11.2 Å². The molecule has 374 valence electrons. The summed E-state index contributed by atoms with van der Waals surface area (Å²) in [5, 5.41) is 19.1. The van der Waals surface area contributed by atoms with Crippen LogP contribution in [0.4, 0.5) is 26.3 Å². The minimum atomic E-state index is -4.76. The van der Waals surface area contributed by atoms with Gasteiger partial charge >= 0.3 is 52.6 Å². The molecule has 0 fully saturated rings. The predicted molar refractivity (Wildman–Crippen MR) is 254 cm³/mol. The Balaban J connectivity index is 0. The molecule has 2 rings (SSSR count). The Hall–Kier alpha value is -1.42. The molecule has 0 aliphatic carbocycles. The van der Waals surface area contributed by atoms with Crippen LogP contribution in [0.25, 0.3) is 6.08 Å². The van der Waals surface area contributed by atoms with Crippen molar-refractivity contribution in [3.8, 4) is 0 Å². The number of ether oxygens (including phenoxy) is 2. The molecule has 16 heteroatoms. The van der Waals surface area contributed by atoms with Gasteiger partial charge in [-0.2, -0.15) is 26.3 Å². The molecule has 2 N–H and O–H groups in total. The van der Waals surface area contributed by atoms with Gasteiger partial charge in [0.1, 0.15) is 4.32 Å². The van der Waals surface area contributed by atoms with Crippen LogP contribution in [-0.2, 0) is 44.5 Å². The van der Waals surface area contributed by atoms with Crippen molar-refractivity contribution >= 4 is 64.0 Å². The Morgan fingerprint density at radius 3 is 1.28 bits per heavy atom. The molecule has 6 nitrogen and oxygen atoms in total. The Morgan fingerprint density at radius 1 is 0.625 bits per heavy atom. The van der Waals surface area contributed by atoms with E-state index in [1.165, 1.54) is 119 Å². The fourth-order valence-corrected chi connectivity index (χ4v) is 6.98. The Bertz CT molecular complexity index is 1560. The number of halogens is 9. The quantitative estimate of drug-likeness (QED) is 0.0358. The first-order valence-electron chi connectivity index (χ1n) is 21.8. The van der Waals surface area contributed by atoms with E-state index in [4.69, 9.17) is 9.47 Å². The van der Waals surface area contributed by atoms with Crippen molar-refractivity contribution in [3.05, 3.63) is 77.4 Å². The van der Waals surface area contributed by atoms with Gasteiger partial charge in [-0.1, -0.05) is 184 Å². The van der Waals surface area contributed by atoms with Crippen LogP contribution >= 0.6 is 46.0 Å². The number of esters is 2. The third-order valence-corrected chi connectivity index (χ3v) is 11.5. The second-order valence-corrected chi connectivity index (χ2v) is 20.2. The van der Waals surface area contributed by atoms with E-state index in [1.54, 1.807) is 27.7 Å². The van der Waals surface area contributed by atoms with E-state index in [0.717, 1.165) is 45.1 Å². The molecule has 0 bridgehead atoms. The maximum atomic E-state index is 13.0. The van der Waals surface area contributed by atoms with Gasteiger partial charge in [-0.3, -0.25) is 9.59 Å². The molecule has 0 radical (unpaired) electrons. The van der Waals surface area contributed by atoms with E-state index in [2.05, 4.69) is 80.6 Å². The summed E-state index contributed by atoms with van der Waals surface area (Å²) < 4.78 is 86.3. The molecule has 64 heavy (non-hydrogen) atoms. The van der Waals surface area contributed by atoms with Crippen molar-refractivity contribution in [2.75, 3.05) is 13.2 Å². The predicted octanol–water partition coefficient (Wildman–Crippen LogP) is 16.0. The number of alkyl halides is 8. The number of benzene rings is 2. The SMILES string of the molecule is C=Cc1ccc(C(C)(O)C(F)(F)F)cc1.CCCCCCCCCOC(=O)C(C)(C)Br.CCCCCCCCCOC(=O)C(C)(C)CC(Br)c1ccc(C(C)(O)C(F)(F)F)cc1.[Cu][Br]. The Labute approximate surface area is 411 Å². The van der Waals surface area contributed by atoms with Crippen LogP contribution in [0.1, 0.15) is 179 Å². The molecule has 2 aromatic rings.